The summed E-state index contributed by atoms with van der Waals surface area (Å²) >= 11 is 0. The molecule has 0 aromatic carbocycles. The minimum absolute atomic E-state index is 0.154. The highest BCUT2D eigenvalue weighted by atomic mass is 16.5. The van der Waals surface area contributed by atoms with Crippen molar-refractivity contribution in [3.05, 3.63) is 11.7 Å². The van der Waals surface area contributed by atoms with Crippen molar-refractivity contribution in [2.75, 3.05) is 13.2 Å². The number of ether oxygens (including phenoxy) is 1. The van der Waals surface area contributed by atoms with Gasteiger partial charge < -0.3 is 9.26 Å². The Kier molecular flexibility index (Phi) is 4.15. The van der Waals surface area contributed by atoms with Crippen LogP contribution in [0.3, 0.4) is 0 Å². The van der Waals surface area contributed by atoms with E-state index >= 15 is 0 Å². The molecule has 1 aliphatic carbocycles. The average molecular weight is 278 g/mol. The van der Waals surface area contributed by atoms with E-state index in [9.17, 15) is 4.79 Å². The van der Waals surface area contributed by atoms with E-state index in [1.165, 1.54) is 19.3 Å². The summed E-state index contributed by atoms with van der Waals surface area (Å²) in [7, 11) is 0. The summed E-state index contributed by atoms with van der Waals surface area (Å²) < 4.78 is 10.7. The molecule has 1 saturated heterocycles. The molecular weight excluding hydrogens is 256 g/mol. The molecule has 2 aliphatic rings. The maximum atomic E-state index is 11.9. The van der Waals surface area contributed by atoms with Crippen molar-refractivity contribution in [3.8, 4) is 0 Å². The summed E-state index contributed by atoms with van der Waals surface area (Å²) in [5, 5.41) is 4.11. The number of hydrogen-bond acceptors (Lipinski definition) is 5. The lowest BCUT2D eigenvalue weighted by atomic mass is 9.80. The highest BCUT2D eigenvalue weighted by molar-refractivity contribution is 5.85. The number of nitrogens with zero attached hydrogens (tertiary/aromatic N) is 2. The van der Waals surface area contributed by atoms with Gasteiger partial charge in [-0.15, -0.1) is 0 Å². The molecular formula is C15H22N2O3. The third-order valence-corrected chi connectivity index (χ3v) is 4.71. The van der Waals surface area contributed by atoms with E-state index in [4.69, 9.17) is 9.26 Å². The van der Waals surface area contributed by atoms with Crippen molar-refractivity contribution in [1.82, 2.24) is 10.1 Å². The maximum absolute atomic E-state index is 11.9. The third kappa shape index (κ3) is 2.77. The van der Waals surface area contributed by atoms with Crippen LogP contribution in [0.25, 0.3) is 0 Å². The van der Waals surface area contributed by atoms with Crippen LogP contribution in [0.15, 0.2) is 4.52 Å². The van der Waals surface area contributed by atoms with E-state index in [-0.39, 0.29) is 11.7 Å². The molecule has 1 aliphatic heterocycles. The van der Waals surface area contributed by atoms with Crippen LogP contribution in [-0.4, -0.2) is 29.1 Å². The van der Waals surface area contributed by atoms with E-state index in [0.717, 1.165) is 24.6 Å². The molecule has 1 unspecified atom stereocenters. The summed E-state index contributed by atoms with van der Waals surface area (Å²) in [6.45, 7) is 3.15. The summed E-state index contributed by atoms with van der Waals surface area (Å²) in [5.41, 5.74) is 0. The van der Waals surface area contributed by atoms with Gasteiger partial charge in [0.15, 0.2) is 5.82 Å². The summed E-state index contributed by atoms with van der Waals surface area (Å²) in [6, 6.07) is 0. The molecule has 0 spiro atoms. The van der Waals surface area contributed by atoms with Gasteiger partial charge in [0.1, 0.15) is 11.7 Å². The molecule has 1 aromatic heterocycles. The lowest BCUT2D eigenvalue weighted by Crippen LogP contribution is -2.26. The van der Waals surface area contributed by atoms with Gasteiger partial charge in [-0.1, -0.05) is 18.5 Å². The number of ketones is 1. The number of aromatic nitrogens is 2. The Hall–Kier alpha value is -1.23. The highest BCUT2D eigenvalue weighted by Gasteiger charge is 2.31. The van der Waals surface area contributed by atoms with E-state index in [1.807, 2.05) is 0 Å². The van der Waals surface area contributed by atoms with Crippen LogP contribution in [0.2, 0.25) is 0 Å². The van der Waals surface area contributed by atoms with Crippen molar-refractivity contribution < 1.29 is 14.1 Å². The normalized spacial score (nSPS) is 31.4. The highest BCUT2D eigenvalue weighted by Crippen LogP contribution is 2.36. The Bertz CT molecular complexity index is 463. The number of carbonyl (C=O) groups excluding carboxylic acids is 1. The molecule has 2 fully saturated rings. The average Bonchev–Trinajstić information content (AvgIpc) is 2.97. The Morgan fingerprint density at radius 2 is 2.05 bits per heavy atom. The van der Waals surface area contributed by atoms with Crippen molar-refractivity contribution in [1.29, 1.82) is 0 Å². The Morgan fingerprint density at radius 1 is 1.25 bits per heavy atom. The summed E-state index contributed by atoms with van der Waals surface area (Å²) in [4.78, 5) is 16.3. The standard InChI is InChI=1S/C15H22N2O3/c1-2-10-3-5-11(6-4-10)14-16-15(20-17-14)12-9-19-8-7-13(12)18/h10-12H,2-9H2,1H3. The van der Waals surface area contributed by atoms with Crippen LogP contribution in [0.1, 0.15) is 69.0 Å². The smallest absolute Gasteiger partial charge is 0.239 e. The molecule has 2 heterocycles. The van der Waals surface area contributed by atoms with Crippen LogP contribution in [-0.2, 0) is 9.53 Å². The first-order valence-electron chi connectivity index (χ1n) is 7.72. The topological polar surface area (TPSA) is 65.2 Å². The monoisotopic (exact) mass is 278 g/mol. The van der Waals surface area contributed by atoms with E-state index in [2.05, 4.69) is 17.1 Å². The van der Waals surface area contributed by atoms with Crippen LogP contribution in [0.5, 0.6) is 0 Å². The fourth-order valence-corrected chi connectivity index (χ4v) is 3.23. The van der Waals surface area contributed by atoms with Gasteiger partial charge in [-0.05, 0) is 31.6 Å². The van der Waals surface area contributed by atoms with Crippen molar-refractivity contribution >= 4 is 5.78 Å². The molecule has 5 heteroatoms. The van der Waals surface area contributed by atoms with E-state index < -0.39 is 0 Å². The Labute approximate surface area is 119 Å². The zero-order valence-electron chi connectivity index (χ0n) is 12.0. The number of Topliss-reactive ketones (excluding diaryl/α,β-unsaturated/α-hetero) is 1. The SMILES string of the molecule is CCC1CCC(c2noc(C3COCCC3=O)n2)CC1. The first-order valence-corrected chi connectivity index (χ1v) is 7.72. The molecule has 0 bridgehead atoms. The van der Waals surface area contributed by atoms with Crippen LogP contribution < -0.4 is 0 Å². The number of rotatable bonds is 3. The molecule has 0 N–H and O–H groups in total. The van der Waals surface area contributed by atoms with Crippen molar-refractivity contribution in [2.24, 2.45) is 5.92 Å². The van der Waals surface area contributed by atoms with Crippen LogP contribution in [0, 0.1) is 5.92 Å². The maximum Gasteiger partial charge on any atom is 0.239 e. The molecule has 3 rings (SSSR count). The van der Waals surface area contributed by atoms with Gasteiger partial charge in [-0.2, -0.15) is 4.98 Å². The second kappa shape index (κ2) is 6.04. The zero-order chi connectivity index (χ0) is 13.9. The third-order valence-electron chi connectivity index (χ3n) is 4.71. The van der Waals surface area contributed by atoms with Gasteiger partial charge in [-0.3, -0.25) is 4.79 Å². The van der Waals surface area contributed by atoms with Gasteiger partial charge in [-0.25, -0.2) is 0 Å². The Balaban J connectivity index is 1.66. The van der Waals surface area contributed by atoms with Crippen molar-refractivity contribution in [2.45, 2.75) is 57.3 Å². The minimum Gasteiger partial charge on any atom is -0.380 e. The fraction of sp³-hybridized carbons (Fsp3) is 0.800. The largest absolute Gasteiger partial charge is 0.380 e. The molecule has 1 atom stereocenters. The lowest BCUT2D eigenvalue weighted by Gasteiger charge is -2.25. The van der Waals surface area contributed by atoms with Gasteiger partial charge in [0.05, 0.1) is 13.2 Å². The number of hydrogen-bond donors (Lipinski definition) is 0. The van der Waals surface area contributed by atoms with E-state index in [1.54, 1.807) is 0 Å². The van der Waals surface area contributed by atoms with Gasteiger partial charge in [0.25, 0.3) is 0 Å². The first kappa shape index (κ1) is 13.7. The lowest BCUT2D eigenvalue weighted by molar-refractivity contribution is -0.127. The van der Waals surface area contributed by atoms with Crippen LogP contribution >= 0.6 is 0 Å². The molecule has 1 aromatic rings. The molecule has 1 saturated carbocycles. The molecule has 0 amide bonds. The second-order valence-corrected chi connectivity index (χ2v) is 5.96. The zero-order valence-corrected chi connectivity index (χ0v) is 12.0. The number of carbonyl (C=O) groups is 1. The molecule has 0 radical (unpaired) electrons. The van der Waals surface area contributed by atoms with Gasteiger partial charge in [0, 0.05) is 12.3 Å². The molecule has 20 heavy (non-hydrogen) atoms. The summed E-state index contributed by atoms with van der Waals surface area (Å²) in [5.74, 6) is 2.29. The predicted octanol–water partition coefficient (Wildman–Crippen LogP) is 2.83. The van der Waals surface area contributed by atoms with Crippen molar-refractivity contribution in [3.63, 3.8) is 0 Å². The first-order chi connectivity index (χ1) is 9.78. The summed E-state index contributed by atoms with van der Waals surface area (Å²) in [6.07, 6.45) is 6.47. The predicted molar refractivity (Wildman–Crippen MR) is 72.5 cm³/mol. The van der Waals surface area contributed by atoms with Gasteiger partial charge in [0.2, 0.25) is 5.89 Å². The van der Waals surface area contributed by atoms with E-state index in [0.29, 0.717) is 31.4 Å². The quantitative estimate of drug-likeness (QED) is 0.850. The van der Waals surface area contributed by atoms with Crippen LogP contribution in [0.4, 0.5) is 0 Å². The van der Waals surface area contributed by atoms with Gasteiger partial charge >= 0.3 is 0 Å². The molecule has 5 nitrogen and oxygen atoms in total. The second-order valence-electron chi connectivity index (χ2n) is 5.96. The Morgan fingerprint density at radius 3 is 2.75 bits per heavy atom. The minimum atomic E-state index is -0.350. The molecule has 110 valence electrons. The fourth-order valence-electron chi connectivity index (χ4n) is 3.23.